The van der Waals surface area contributed by atoms with E-state index in [1.165, 1.54) is 4.91 Å². The maximum atomic E-state index is 9.10. The van der Waals surface area contributed by atoms with Crippen molar-refractivity contribution in [3.63, 3.8) is 0 Å². The van der Waals surface area contributed by atoms with Gasteiger partial charge in [0, 0.05) is 0 Å². The molecule has 0 radical (unpaired) electrons. The Morgan fingerprint density at radius 2 is 1.50 bits per heavy atom. The van der Waals surface area contributed by atoms with Crippen molar-refractivity contribution in [1.82, 2.24) is 0 Å². The molecule has 8 heteroatoms. The minimum Gasteiger partial charge on any atom is -0.373 e. The van der Waals surface area contributed by atoms with Crippen LogP contribution < -0.4 is 5.50 Å². The standard InChI is InChI=1S/N3.H4NO3P/c1-3-2;1-5(2,3)4/h;(H4,1,2,3,4)/q-1;. The van der Waals surface area contributed by atoms with E-state index in [-0.39, 0.29) is 0 Å². The third-order valence-electron chi connectivity index (χ3n) is 0. The summed E-state index contributed by atoms with van der Waals surface area (Å²) in [5, 5.41) is 0. The molecule has 0 bridgehead atoms. The monoisotopic (exact) mass is 139 g/mol. The van der Waals surface area contributed by atoms with Crippen LogP contribution in [0.1, 0.15) is 0 Å². The van der Waals surface area contributed by atoms with Gasteiger partial charge in [0.2, 0.25) is 0 Å². The van der Waals surface area contributed by atoms with Gasteiger partial charge in [-0.1, -0.05) is 0 Å². The van der Waals surface area contributed by atoms with Crippen LogP contribution in [0.3, 0.4) is 0 Å². The zero-order valence-corrected chi connectivity index (χ0v) is 4.56. The summed E-state index contributed by atoms with van der Waals surface area (Å²) in [5.74, 6) is 0. The summed E-state index contributed by atoms with van der Waals surface area (Å²) >= 11 is 0. The van der Waals surface area contributed by atoms with Crippen molar-refractivity contribution in [3.8, 4) is 0 Å². The van der Waals surface area contributed by atoms with E-state index < -0.39 is 7.75 Å². The number of nitrogens with zero attached hydrogens (tertiary/aromatic N) is 3. The second-order valence-corrected chi connectivity index (χ2v) is 1.86. The molecule has 0 saturated heterocycles. The summed E-state index contributed by atoms with van der Waals surface area (Å²) in [6.07, 6.45) is 0. The van der Waals surface area contributed by atoms with Gasteiger partial charge in [0.1, 0.15) is 0 Å². The van der Waals surface area contributed by atoms with Gasteiger partial charge in [-0.15, -0.1) is 0 Å². The normalized spacial score (nSPS) is 8.38. The zero-order valence-electron chi connectivity index (χ0n) is 3.67. The highest BCUT2D eigenvalue weighted by Crippen LogP contribution is 2.20. The van der Waals surface area contributed by atoms with Crippen LogP contribution in [0, 0.1) is 0 Å². The van der Waals surface area contributed by atoms with Gasteiger partial charge in [-0.05, 0) is 0 Å². The first-order valence-electron chi connectivity index (χ1n) is 1.24. The molecule has 48 valence electrons. The van der Waals surface area contributed by atoms with Crippen molar-refractivity contribution in [2.75, 3.05) is 0 Å². The SMILES string of the molecule is NP(=O)(O)O.[N-]=[N+]=[N-]. The topological polar surface area (TPSA) is 142 Å². The Morgan fingerprint density at radius 1 is 1.50 bits per heavy atom. The van der Waals surface area contributed by atoms with Gasteiger partial charge in [0.25, 0.3) is 0 Å². The van der Waals surface area contributed by atoms with E-state index in [0.717, 1.165) is 0 Å². The molecule has 0 fully saturated rings. The maximum Gasteiger partial charge on any atom is 0.397 e. The van der Waals surface area contributed by atoms with Gasteiger partial charge in [0.15, 0.2) is 0 Å². The summed E-state index contributed by atoms with van der Waals surface area (Å²) in [4.78, 5) is 16.3. The number of rotatable bonds is 0. The zero-order chi connectivity index (χ0) is 7.21. The van der Waals surface area contributed by atoms with Crippen LogP contribution in [0.5, 0.6) is 0 Å². The molecule has 0 aromatic rings. The molecule has 0 aliphatic heterocycles. The third kappa shape index (κ3) is 315. The Bertz CT molecular complexity index is 109. The predicted octanol–water partition coefficient (Wildman–Crippen LogP) is -0.0961. The molecule has 0 aliphatic rings. The Hall–Kier alpha value is -0.580. The van der Waals surface area contributed by atoms with Gasteiger partial charge in [0.05, 0.1) is 0 Å². The molecular weight excluding hydrogens is 135 g/mol. The van der Waals surface area contributed by atoms with Crippen molar-refractivity contribution in [2.24, 2.45) is 5.50 Å². The van der Waals surface area contributed by atoms with E-state index >= 15 is 0 Å². The lowest BCUT2D eigenvalue weighted by molar-refractivity contribution is 0.374. The summed E-state index contributed by atoms with van der Waals surface area (Å²) in [6, 6.07) is 0. The number of hydrogen-bond donors (Lipinski definition) is 3. The molecule has 0 amide bonds. The Balaban J connectivity index is 0. The third-order valence-corrected chi connectivity index (χ3v) is 0. The van der Waals surface area contributed by atoms with Crippen LogP contribution in [0.25, 0.3) is 16.0 Å². The highest BCUT2D eigenvalue weighted by molar-refractivity contribution is 7.49. The lowest BCUT2D eigenvalue weighted by atomic mass is 13.0. The minimum atomic E-state index is -4.14. The summed E-state index contributed by atoms with van der Waals surface area (Å²) in [5.41, 5.74) is 17.5. The molecule has 0 heterocycles. The van der Waals surface area contributed by atoms with Crippen molar-refractivity contribution in [3.05, 3.63) is 16.0 Å². The number of nitrogens with two attached hydrogens (primary N) is 1. The van der Waals surface area contributed by atoms with Gasteiger partial charge in [-0.2, -0.15) is 0 Å². The molecule has 0 unspecified atom stereocenters. The first-order chi connectivity index (χ1) is 3.41. The van der Waals surface area contributed by atoms with Gasteiger partial charge < -0.3 is 20.8 Å². The lowest BCUT2D eigenvalue weighted by Gasteiger charge is -1.84. The fraction of sp³-hybridized carbons (Fsp3) is 0. The van der Waals surface area contributed by atoms with E-state index in [1.54, 1.807) is 0 Å². The average Bonchev–Trinajstić information content (AvgIpc) is 1.27. The molecule has 4 N–H and O–H groups in total. The molecule has 7 nitrogen and oxygen atoms in total. The minimum absolute atomic E-state index is 1.50. The molecule has 0 atom stereocenters. The second kappa shape index (κ2) is 4.58. The smallest absolute Gasteiger partial charge is 0.373 e. The van der Waals surface area contributed by atoms with Crippen LogP contribution in [0.2, 0.25) is 0 Å². The van der Waals surface area contributed by atoms with Crippen molar-refractivity contribution >= 4 is 7.75 Å². The fourth-order valence-corrected chi connectivity index (χ4v) is 0. The first kappa shape index (κ1) is 10.4. The summed E-state index contributed by atoms with van der Waals surface area (Å²) < 4.78 is 9.10. The molecule has 0 spiro atoms. The Labute approximate surface area is 44.8 Å². The van der Waals surface area contributed by atoms with Gasteiger partial charge in [-0.3, -0.25) is 4.91 Å². The largest absolute Gasteiger partial charge is 0.397 e. The fourth-order valence-electron chi connectivity index (χ4n) is 0. The highest BCUT2D eigenvalue weighted by atomic mass is 31.2. The molecular formula is H4N4O3P-. The predicted molar refractivity (Wildman–Crippen MR) is 26.3 cm³/mol. The van der Waals surface area contributed by atoms with Crippen LogP contribution in [-0.2, 0) is 4.57 Å². The molecule has 0 aromatic heterocycles. The quantitative estimate of drug-likeness (QED) is 0.186. The molecule has 0 aliphatic carbocycles. The molecule has 0 rings (SSSR count). The van der Waals surface area contributed by atoms with Crippen molar-refractivity contribution < 1.29 is 14.4 Å². The van der Waals surface area contributed by atoms with Crippen LogP contribution >= 0.6 is 7.75 Å². The highest BCUT2D eigenvalue weighted by Gasteiger charge is 1.96. The van der Waals surface area contributed by atoms with Crippen LogP contribution in [0.15, 0.2) is 0 Å². The van der Waals surface area contributed by atoms with Crippen molar-refractivity contribution in [1.29, 1.82) is 0 Å². The van der Waals surface area contributed by atoms with E-state index in [4.69, 9.17) is 25.4 Å². The van der Waals surface area contributed by atoms with E-state index in [2.05, 4.69) is 5.50 Å². The molecule has 0 saturated carbocycles. The average molecular weight is 139 g/mol. The second-order valence-electron chi connectivity index (χ2n) is 0.679. The van der Waals surface area contributed by atoms with Crippen molar-refractivity contribution in [2.45, 2.75) is 0 Å². The number of hydrogen-bond acceptors (Lipinski definition) is 1. The van der Waals surface area contributed by atoms with E-state index in [0.29, 0.717) is 0 Å². The summed E-state index contributed by atoms with van der Waals surface area (Å²) in [7, 11) is -4.14. The molecule has 8 heavy (non-hydrogen) atoms. The van der Waals surface area contributed by atoms with Crippen LogP contribution in [-0.4, -0.2) is 9.79 Å². The Morgan fingerprint density at radius 3 is 1.50 bits per heavy atom. The lowest BCUT2D eigenvalue weighted by Crippen LogP contribution is -1.87. The summed E-state index contributed by atoms with van der Waals surface area (Å²) in [6.45, 7) is 0. The van der Waals surface area contributed by atoms with E-state index in [1.807, 2.05) is 0 Å². The van der Waals surface area contributed by atoms with Gasteiger partial charge in [-0.25, -0.2) is 10.1 Å². The van der Waals surface area contributed by atoms with Gasteiger partial charge >= 0.3 is 7.75 Å². The first-order valence-corrected chi connectivity index (χ1v) is 2.92. The van der Waals surface area contributed by atoms with E-state index in [9.17, 15) is 0 Å². The molecule has 0 aromatic carbocycles. The maximum absolute atomic E-state index is 9.10. The Kier molecular flexibility index (Phi) is 5.95. The van der Waals surface area contributed by atoms with Crippen LogP contribution in [0.4, 0.5) is 0 Å².